The zero-order valence-corrected chi connectivity index (χ0v) is 11.5. The number of sulfonamides is 1. The fraction of sp³-hybridized carbons (Fsp3) is 0.273. The van der Waals surface area contributed by atoms with E-state index in [9.17, 15) is 13.2 Å². The van der Waals surface area contributed by atoms with E-state index in [1.807, 2.05) is 10.8 Å². The van der Waals surface area contributed by atoms with Crippen LogP contribution in [0.1, 0.15) is 12.5 Å². The van der Waals surface area contributed by atoms with Crippen molar-refractivity contribution in [2.75, 3.05) is 6.26 Å². The molecule has 0 heterocycles. The minimum absolute atomic E-state index is 0.0943. The number of hydrogen-bond acceptors (Lipinski definition) is 5. The molecular weight excluding hydrogens is 272 g/mol. The van der Waals surface area contributed by atoms with E-state index in [-0.39, 0.29) is 10.5 Å². The number of nitriles is 1. The van der Waals surface area contributed by atoms with Crippen molar-refractivity contribution in [2.24, 2.45) is 0 Å². The summed E-state index contributed by atoms with van der Waals surface area (Å²) >= 11 is 1.25. The first-order chi connectivity index (χ1) is 8.40. The zero-order valence-electron chi connectivity index (χ0n) is 9.88. The van der Waals surface area contributed by atoms with E-state index in [1.165, 1.54) is 36.0 Å². The summed E-state index contributed by atoms with van der Waals surface area (Å²) in [6, 6.07) is 7.35. The number of thioether (sulfide) groups is 1. The van der Waals surface area contributed by atoms with Crippen LogP contribution < -0.4 is 4.72 Å². The van der Waals surface area contributed by atoms with Crippen LogP contribution in [-0.2, 0) is 14.8 Å². The molecule has 18 heavy (non-hydrogen) atoms. The predicted octanol–water partition coefficient (Wildman–Crippen LogP) is 1.11. The van der Waals surface area contributed by atoms with Crippen LogP contribution in [0.25, 0.3) is 0 Å². The molecule has 1 aromatic rings. The highest BCUT2D eigenvalue weighted by Gasteiger charge is 2.21. The Morgan fingerprint density at radius 1 is 1.50 bits per heavy atom. The lowest BCUT2D eigenvalue weighted by Gasteiger charge is -2.10. The molecule has 1 atom stereocenters. The van der Waals surface area contributed by atoms with Gasteiger partial charge in [0.25, 0.3) is 10.0 Å². The van der Waals surface area contributed by atoms with Gasteiger partial charge in [-0.25, -0.2) is 13.1 Å². The number of hydrogen-bond donors (Lipinski definition) is 1. The Hall–Kier alpha value is -1.52. The van der Waals surface area contributed by atoms with Gasteiger partial charge in [-0.3, -0.25) is 4.79 Å². The second kappa shape index (κ2) is 5.89. The summed E-state index contributed by atoms with van der Waals surface area (Å²) in [5.74, 6) is -0.579. The van der Waals surface area contributed by atoms with Gasteiger partial charge in [0.1, 0.15) is 0 Å². The molecule has 0 aliphatic heterocycles. The molecule has 0 bridgehead atoms. The maximum atomic E-state index is 11.9. The van der Waals surface area contributed by atoms with E-state index >= 15 is 0 Å². The largest absolute Gasteiger partial charge is 0.273 e. The summed E-state index contributed by atoms with van der Waals surface area (Å²) in [6.07, 6.45) is 1.72. The van der Waals surface area contributed by atoms with Gasteiger partial charge in [0.15, 0.2) is 0 Å². The highest BCUT2D eigenvalue weighted by atomic mass is 32.2. The van der Waals surface area contributed by atoms with Gasteiger partial charge in [-0.15, -0.1) is 0 Å². The summed E-state index contributed by atoms with van der Waals surface area (Å²) in [4.78, 5) is 11.4. The number of benzene rings is 1. The number of carbonyl (C=O) groups is 1. The molecule has 0 aromatic heterocycles. The molecule has 7 heteroatoms. The van der Waals surface area contributed by atoms with Crippen molar-refractivity contribution in [3.63, 3.8) is 0 Å². The minimum Gasteiger partial charge on any atom is -0.273 e. The van der Waals surface area contributed by atoms with E-state index in [2.05, 4.69) is 0 Å². The first kappa shape index (κ1) is 14.5. The average molecular weight is 284 g/mol. The average Bonchev–Trinajstić information content (AvgIpc) is 2.37. The Kier molecular flexibility index (Phi) is 4.76. The molecule has 0 fully saturated rings. The minimum atomic E-state index is -3.91. The van der Waals surface area contributed by atoms with Crippen molar-refractivity contribution < 1.29 is 13.2 Å². The smallest absolute Gasteiger partial charge is 0.264 e. The van der Waals surface area contributed by atoms with Crippen molar-refractivity contribution in [3.8, 4) is 6.07 Å². The Morgan fingerprint density at radius 2 is 2.17 bits per heavy atom. The monoisotopic (exact) mass is 284 g/mol. The third kappa shape index (κ3) is 3.48. The molecule has 0 spiro atoms. The van der Waals surface area contributed by atoms with Crippen LogP contribution in [0.2, 0.25) is 0 Å². The third-order valence-electron chi connectivity index (χ3n) is 2.23. The van der Waals surface area contributed by atoms with Crippen LogP contribution in [0.15, 0.2) is 29.2 Å². The van der Waals surface area contributed by atoms with Crippen LogP contribution in [0.3, 0.4) is 0 Å². The molecule has 5 nitrogen and oxygen atoms in total. The van der Waals surface area contributed by atoms with Gasteiger partial charge in [-0.1, -0.05) is 6.07 Å². The molecule has 0 saturated heterocycles. The summed E-state index contributed by atoms with van der Waals surface area (Å²) in [7, 11) is -3.91. The summed E-state index contributed by atoms with van der Waals surface area (Å²) in [6.45, 7) is 1.61. The van der Waals surface area contributed by atoms with Gasteiger partial charge in [0.2, 0.25) is 5.91 Å². The van der Waals surface area contributed by atoms with Crippen molar-refractivity contribution in [2.45, 2.75) is 17.1 Å². The van der Waals surface area contributed by atoms with Crippen LogP contribution in [-0.4, -0.2) is 25.8 Å². The number of rotatable bonds is 4. The molecular formula is C11H12N2O3S2. The summed E-state index contributed by atoms with van der Waals surface area (Å²) in [5.41, 5.74) is 0.225. The number of nitrogens with zero attached hydrogens (tertiary/aromatic N) is 1. The highest BCUT2D eigenvalue weighted by molar-refractivity contribution is 8.00. The van der Waals surface area contributed by atoms with E-state index in [4.69, 9.17) is 5.26 Å². The Bertz CT molecular complexity index is 591. The predicted molar refractivity (Wildman–Crippen MR) is 69.5 cm³/mol. The first-order valence-electron chi connectivity index (χ1n) is 5.00. The second-order valence-corrected chi connectivity index (χ2v) is 6.35. The maximum Gasteiger partial charge on any atom is 0.264 e. The SMILES string of the molecule is CS[C@@H](C)C(=O)NS(=O)(=O)c1cccc(C#N)c1. The molecule has 1 N–H and O–H groups in total. The van der Waals surface area contributed by atoms with Gasteiger partial charge < -0.3 is 0 Å². The van der Waals surface area contributed by atoms with Gasteiger partial charge in [0, 0.05) is 0 Å². The molecule has 0 unspecified atom stereocenters. The van der Waals surface area contributed by atoms with E-state index in [0.29, 0.717) is 0 Å². The number of amides is 1. The molecule has 96 valence electrons. The summed E-state index contributed by atoms with van der Waals surface area (Å²) in [5, 5.41) is 8.24. The Morgan fingerprint density at radius 3 is 2.72 bits per heavy atom. The van der Waals surface area contributed by atoms with Crippen LogP contribution in [0.4, 0.5) is 0 Å². The van der Waals surface area contributed by atoms with Gasteiger partial charge in [-0.05, 0) is 31.4 Å². The van der Waals surface area contributed by atoms with Crippen molar-refractivity contribution in [3.05, 3.63) is 29.8 Å². The molecule has 0 aliphatic rings. The summed E-state index contributed by atoms with van der Waals surface area (Å²) < 4.78 is 25.7. The molecule has 0 aliphatic carbocycles. The van der Waals surface area contributed by atoms with Gasteiger partial charge in [0.05, 0.1) is 21.8 Å². The zero-order chi connectivity index (χ0) is 13.8. The van der Waals surface area contributed by atoms with Crippen molar-refractivity contribution >= 4 is 27.7 Å². The molecule has 1 aromatic carbocycles. The van der Waals surface area contributed by atoms with Crippen LogP contribution in [0.5, 0.6) is 0 Å². The Labute approximate surface area is 110 Å². The lowest BCUT2D eigenvalue weighted by Crippen LogP contribution is -2.35. The second-order valence-electron chi connectivity index (χ2n) is 3.49. The lowest BCUT2D eigenvalue weighted by atomic mass is 10.2. The van der Waals surface area contributed by atoms with E-state index in [1.54, 1.807) is 13.2 Å². The molecule has 1 rings (SSSR count). The molecule has 0 saturated carbocycles. The lowest BCUT2D eigenvalue weighted by molar-refractivity contribution is -0.118. The maximum absolute atomic E-state index is 11.9. The number of nitrogens with one attached hydrogen (secondary N) is 1. The highest BCUT2D eigenvalue weighted by Crippen LogP contribution is 2.12. The van der Waals surface area contributed by atoms with E-state index < -0.39 is 21.2 Å². The fourth-order valence-electron chi connectivity index (χ4n) is 1.11. The van der Waals surface area contributed by atoms with Crippen LogP contribution in [0, 0.1) is 11.3 Å². The van der Waals surface area contributed by atoms with Gasteiger partial charge >= 0.3 is 0 Å². The quantitative estimate of drug-likeness (QED) is 0.895. The first-order valence-corrected chi connectivity index (χ1v) is 7.77. The van der Waals surface area contributed by atoms with Crippen LogP contribution >= 0.6 is 11.8 Å². The van der Waals surface area contributed by atoms with Crippen molar-refractivity contribution in [1.29, 1.82) is 5.26 Å². The normalized spacial score (nSPS) is 12.5. The molecule has 1 amide bonds. The number of carbonyl (C=O) groups excluding carboxylic acids is 1. The van der Waals surface area contributed by atoms with E-state index in [0.717, 1.165) is 0 Å². The standard InChI is InChI=1S/C11H12N2O3S2/c1-8(17-2)11(14)13-18(15,16)10-5-3-4-9(6-10)7-12/h3-6,8H,1-2H3,(H,13,14)/t8-/m0/s1. The topological polar surface area (TPSA) is 87.0 Å². The molecule has 0 radical (unpaired) electrons. The van der Waals surface area contributed by atoms with Gasteiger partial charge in [-0.2, -0.15) is 17.0 Å². The fourth-order valence-corrected chi connectivity index (χ4v) is 2.56. The Balaban J connectivity index is 3.00. The van der Waals surface area contributed by atoms with Crippen molar-refractivity contribution in [1.82, 2.24) is 4.72 Å². The third-order valence-corrected chi connectivity index (χ3v) is 4.50.